The molecule has 1 saturated heterocycles. The van der Waals surface area contributed by atoms with E-state index in [4.69, 9.17) is 15.2 Å². The smallest absolute Gasteiger partial charge is 0.325 e. The van der Waals surface area contributed by atoms with E-state index in [1.807, 2.05) is 0 Å². The van der Waals surface area contributed by atoms with E-state index in [9.17, 15) is 19.2 Å². The summed E-state index contributed by atoms with van der Waals surface area (Å²) in [5.41, 5.74) is 5.87. The minimum absolute atomic E-state index is 0.0849. The predicted molar refractivity (Wildman–Crippen MR) is 114 cm³/mol. The van der Waals surface area contributed by atoms with Crippen LogP contribution in [0.2, 0.25) is 0 Å². The average Bonchev–Trinajstić information content (AvgIpc) is 3.48. The summed E-state index contributed by atoms with van der Waals surface area (Å²) in [5, 5.41) is 5.68. The number of aryl methyl sites for hydroxylation is 1. The molecule has 3 aliphatic rings. The second-order valence-corrected chi connectivity index (χ2v) is 9.09. The number of carbonyl (C=O) groups excluding carboxylic acids is 4. The highest BCUT2D eigenvalue weighted by Crippen LogP contribution is 2.40. The maximum atomic E-state index is 13.1. The number of thiophene rings is 1. The fourth-order valence-electron chi connectivity index (χ4n) is 4.31. The second kappa shape index (κ2) is 7.23. The number of nitrogens with two attached hydrogens (primary N) is 1. The molecule has 2 aromatic rings. The van der Waals surface area contributed by atoms with Crippen molar-refractivity contribution >= 4 is 40.1 Å². The molecule has 11 heteroatoms. The first-order valence-corrected chi connectivity index (χ1v) is 10.9. The number of fused-ring (bicyclic) bond motifs is 2. The van der Waals surface area contributed by atoms with Crippen molar-refractivity contribution in [3.63, 3.8) is 0 Å². The molecular weight excluding hydrogens is 436 g/mol. The van der Waals surface area contributed by atoms with Crippen molar-refractivity contribution in [1.29, 1.82) is 0 Å². The monoisotopic (exact) mass is 456 g/mol. The van der Waals surface area contributed by atoms with Crippen LogP contribution in [-0.2, 0) is 28.0 Å². The van der Waals surface area contributed by atoms with Gasteiger partial charge in [0.25, 0.3) is 11.8 Å². The van der Waals surface area contributed by atoms with Gasteiger partial charge in [-0.15, -0.1) is 11.3 Å². The first-order valence-electron chi connectivity index (χ1n) is 10.1. The third-order valence-electron chi connectivity index (χ3n) is 5.95. The molecule has 5 rings (SSSR count). The number of hydrogen-bond donors (Lipinski definition) is 3. The van der Waals surface area contributed by atoms with Crippen LogP contribution in [0.4, 0.5) is 9.80 Å². The largest absolute Gasteiger partial charge is 0.454 e. The Morgan fingerprint density at radius 1 is 1.25 bits per heavy atom. The van der Waals surface area contributed by atoms with Crippen molar-refractivity contribution in [2.75, 3.05) is 18.7 Å². The van der Waals surface area contributed by atoms with E-state index in [1.165, 1.54) is 11.3 Å². The van der Waals surface area contributed by atoms with Gasteiger partial charge in [0.15, 0.2) is 11.5 Å². The number of primary amides is 1. The van der Waals surface area contributed by atoms with Crippen LogP contribution >= 0.6 is 11.3 Å². The molecule has 0 bridgehead atoms. The summed E-state index contributed by atoms with van der Waals surface area (Å²) in [6.07, 6.45) is 2.51. The molecular formula is C21H20N4O6S. The third-order valence-corrected chi connectivity index (χ3v) is 7.15. The van der Waals surface area contributed by atoms with Gasteiger partial charge in [0, 0.05) is 4.88 Å². The summed E-state index contributed by atoms with van der Waals surface area (Å²) in [6.45, 7) is 1.16. The molecule has 1 aromatic heterocycles. The first kappa shape index (κ1) is 20.3. The Kier molecular flexibility index (Phi) is 4.59. The van der Waals surface area contributed by atoms with Gasteiger partial charge in [0.1, 0.15) is 17.1 Å². The zero-order valence-electron chi connectivity index (χ0n) is 17.1. The van der Waals surface area contributed by atoms with Crippen LogP contribution < -0.4 is 25.8 Å². The number of amides is 5. The summed E-state index contributed by atoms with van der Waals surface area (Å²) >= 11 is 1.31. The molecule has 32 heavy (non-hydrogen) atoms. The fourth-order valence-corrected chi connectivity index (χ4v) is 5.62. The predicted octanol–water partition coefficient (Wildman–Crippen LogP) is 1.47. The van der Waals surface area contributed by atoms with Gasteiger partial charge in [-0.2, -0.15) is 0 Å². The Balaban J connectivity index is 1.34. The topological polar surface area (TPSA) is 140 Å². The number of carbonyl (C=O) groups is 4. The summed E-state index contributed by atoms with van der Waals surface area (Å²) in [6, 6.07) is 4.28. The Morgan fingerprint density at radius 2 is 2.03 bits per heavy atom. The lowest BCUT2D eigenvalue weighted by atomic mass is 9.91. The number of anilines is 1. The summed E-state index contributed by atoms with van der Waals surface area (Å²) < 4.78 is 10.6. The average molecular weight is 456 g/mol. The Hall–Kier alpha value is -3.60. The van der Waals surface area contributed by atoms with Gasteiger partial charge in [0.05, 0.1) is 5.56 Å². The van der Waals surface area contributed by atoms with Crippen molar-refractivity contribution < 1.29 is 28.7 Å². The van der Waals surface area contributed by atoms with Crippen molar-refractivity contribution in [1.82, 2.24) is 10.2 Å². The van der Waals surface area contributed by atoms with Gasteiger partial charge < -0.3 is 25.8 Å². The van der Waals surface area contributed by atoms with E-state index in [1.54, 1.807) is 25.1 Å². The Bertz CT molecular complexity index is 1190. The van der Waals surface area contributed by atoms with Gasteiger partial charge in [-0.25, -0.2) is 4.79 Å². The number of urea groups is 1. The zero-order valence-corrected chi connectivity index (χ0v) is 18.0. The van der Waals surface area contributed by atoms with Crippen molar-refractivity contribution in [2.45, 2.75) is 31.7 Å². The molecule has 0 radical (unpaired) electrons. The van der Waals surface area contributed by atoms with Crippen LogP contribution in [0.25, 0.3) is 0 Å². The van der Waals surface area contributed by atoms with Crippen LogP contribution in [0.3, 0.4) is 0 Å². The molecule has 1 fully saturated rings. The summed E-state index contributed by atoms with van der Waals surface area (Å²) in [4.78, 5) is 52.2. The first-order chi connectivity index (χ1) is 15.3. The van der Waals surface area contributed by atoms with E-state index in [-0.39, 0.29) is 6.79 Å². The molecule has 0 unspecified atom stereocenters. The number of nitrogens with zero attached hydrogens (tertiary/aromatic N) is 1. The normalized spacial score (nSPS) is 21.0. The van der Waals surface area contributed by atoms with Crippen molar-refractivity contribution in [3.05, 3.63) is 39.8 Å². The Morgan fingerprint density at radius 3 is 2.81 bits per heavy atom. The lowest BCUT2D eigenvalue weighted by Crippen LogP contribution is -2.42. The van der Waals surface area contributed by atoms with Crippen LogP contribution in [0.5, 0.6) is 11.5 Å². The van der Waals surface area contributed by atoms with Crippen molar-refractivity contribution in [3.8, 4) is 11.5 Å². The van der Waals surface area contributed by atoms with Crippen LogP contribution in [0, 0.1) is 0 Å². The maximum absolute atomic E-state index is 13.1. The van der Waals surface area contributed by atoms with E-state index < -0.39 is 35.8 Å². The van der Waals surface area contributed by atoms with Gasteiger partial charge in [0.2, 0.25) is 12.7 Å². The third kappa shape index (κ3) is 3.08. The minimum Gasteiger partial charge on any atom is -0.454 e. The lowest BCUT2D eigenvalue weighted by molar-refractivity contribution is -0.133. The number of rotatable bonds is 5. The molecule has 1 aromatic carbocycles. The quantitative estimate of drug-likeness (QED) is 0.582. The molecule has 0 spiro atoms. The van der Waals surface area contributed by atoms with Crippen LogP contribution in [0.1, 0.15) is 39.7 Å². The maximum Gasteiger partial charge on any atom is 0.325 e. The zero-order chi connectivity index (χ0) is 22.6. The van der Waals surface area contributed by atoms with E-state index in [0.717, 1.165) is 34.6 Å². The van der Waals surface area contributed by atoms with Gasteiger partial charge in [-0.3, -0.25) is 19.3 Å². The van der Waals surface area contributed by atoms with Gasteiger partial charge in [-0.05, 0) is 49.4 Å². The highest BCUT2D eigenvalue weighted by Gasteiger charge is 2.50. The number of ether oxygens (including phenoxy) is 2. The summed E-state index contributed by atoms with van der Waals surface area (Å²) in [5.74, 6) is -0.735. The minimum atomic E-state index is -1.36. The molecule has 1 atom stereocenters. The fraction of sp³-hybridized carbons (Fsp3) is 0.333. The SMILES string of the molecule is C[C@]1(c2ccc3c(c2)OCO3)NC(=O)N(CC(=O)Nc2sc3c(c2C(N)=O)CCC3)C1=O. The molecule has 0 saturated carbocycles. The van der Waals surface area contributed by atoms with Crippen LogP contribution in [-0.4, -0.2) is 42.0 Å². The number of imide groups is 1. The van der Waals surface area contributed by atoms with E-state index in [0.29, 0.717) is 27.6 Å². The van der Waals surface area contributed by atoms with E-state index >= 15 is 0 Å². The molecule has 10 nitrogen and oxygen atoms in total. The number of nitrogens with one attached hydrogen (secondary N) is 2. The number of hydrogen-bond acceptors (Lipinski definition) is 7. The molecule has 5 amide bonds. The second-order valence-electron chi connectivity index (χ2n) is 7.99. The molecule has 166 valence electrons. The molecule has 2 aliphatic heterocycles. The molecule has 1 aliphatic carbocycles. The molecule has 3 heterocycles. The standard InChI is InChI=1S/C21H20N4O6S/c1-21(10-5-6-12-13(7-10)31-9-30-12)19(28)25(20(29)24-21)8-15(26)23-18-16(17(22)27)11-3-2-4-14(11)32-18/h5-7H,2-4,8-9H2,1H3,(H2,22,27)(H,23,26)(H,24,29)/t21-/m1/s1. The van der Waals surface area contributed by atoms with Gasteiger partial charge >= 0.3 is 6.03 Å². The van der Waals surface area contributed by atoms with E-state index in [2.05, 4.69) is 10.6 Å². The van der Waals surface area contributed by atoms with Crippen molar-refractivity contribution in [2.24, 2.45) is 5.73 Å². The number of benzene rings is 1. The Labute approximate surface area is 186 Å². The molecule has 4 N–H and O–H groups in total. The summed E-state index contributed by atoms with van der Waals surface area (Å²) in [7, 11) is 0. The lowest BCUT2D eigenvalue weighted by Gasteiger charge is -2.22. The highest BCUT2D eigenvalue weighted by molar-refractivity contribution is 7.17. The highest BCUT2D eigenvalue weighted by atomic mass is 32.1. The van der Waals surface area contributed by atoms with Crippen LogP contribution in [0.15, 0.2) is 18.2 Å². The van der Waals surface area contributed by atoms with Gasteiger partial charge in [-0.1, -0.05) is 6.07 Å².